The number of rotatable bonds is 28. The van der Waals surface area contributed by atoms with Crippen molar-refractivity contribution in [3.8, 4) is 0 Å². The lowest BCUT2D eigenvalue weighted by Gasteiger charge is -2.46. The second-order valence-electron chi connectivity index (χ2n) is 16.6. The van der Waals surface area contributed by atoms with Crippen molar-refractivity contribution < 1.29 is 42.6 Å². The minimum absolute atomic E-state index is 0.191. The zero-order valence-electron chi connectivity index (χ0n) is 38.5. The topological polar surface area (TPSA) is 83.1 Å². The standard InChI is InChI=1S/C58H64O9/c1-4-51(61-38-46-25-13-6-14-26-46)54(62-39-47-27-15-7-16-28-47)53(43-60-37-45-23-11-5-12-24-45)66-44(2)35-36-52-55(63-40-48-29-17-8-18-30-48)56(64-41-49-31-19-9-20-32-49)57(58(59-3)67-52)65-42-50-33-21-10-22-34-50/h4-34,51-58H,1-2,35-43H2,3H3/t51-,52+,53+,54+,55-,56-,57+,58-/m0/s1. The number of hydrogen-bond acceptors (Lipinski definition) is 9. The zero-order valence-corrected chi connectivity index (χ0v) is 38.5. The van der Waals surface area contributed by atoms with Crippen LogP contribution in [0.25, 0.3) is 0 Å². The highest BCUT2D eigenvalue weighted by atomic mass is 16.7. The van der Waals surface area contributed by atoms with Gasteiger partial charge in [-0.2, -0.15) is 0 Å². The molecule has 0 amide bonds. The lowest BCUT2D eigenvalue weighted by molar-refractivity contribution is -0.318. The molecule has 6 aromatic carbocycles. The van der Waals surface area contributed by atoms with Crippen LogP contribution in [0, 0.1) is 0 Å². The predicted molar refractivity (Wildman–Crippen MR) is 260 cm³/mol. The van der Waals surface area contributed by atoms with E-state index in [0.29, 0.717) is 58.2 Å². The van der Waals surface area contributed by atoms with Gasteiger partial charge >= 0.3 is 0 Å². The van der Waals surface area contributed by atoms with E-state index in [9.17, 15) is 0 Å². The molecule has 1 heterocycles. The molecule has 6 aromatic rings. The van der Waals surface area contributed by atoms with Crippen LogP contribution in [-0.2, 0) is 82.3 Å². The van der Waals surface area contributed by atoms with Crippen LogP contribution in [0.1, 0.15) is 46.2 Å². The fourth-order valence-corrected chi connectivity index (χ4v) is 8.05. The third-order valence-corrected chi connectivity index (χ3v) is 11.6. The Morgan fingerprint density at radius 3 is 1.37 bits per heavy atom. The van der Waals surface area contributed by atoms with Crippen molar-refractivity contribution in [2.45, 2.75) is 102 Å². The summed E-state index contributed by atoms with van der Waals surface area (Å²) >= 11 is 0. The summed E-state index contributed by atoms with van der Waals surface area (Å²) in [5.74, 6) is 0.524. The summed E-state index contributed by atoms with van der Waals surface area (Å²) < 4.78 is 59.9. The van der Waals surface area contributed by atoms with Crippen LogP contribution in [0.3, 0.4) is 0 Å². The van der Waals surface area contributed by atoms with Crippen molar-refractivity contribution in [2.75, 3.05) is 13.7 Å². The van der Waals surface area contributed by atoms with E-state index in [-0.39, 0.29) is 6.61 Å². The highest BCUT2D eigenvalue weighted by Gasteiger charge is 2.48. The largest absolute Gasteiger partial charge is 0.490 e. The van der Waals surface area contributed by atoms with Crippen molar-refractivity contribution in [1.82, 2.24) is 0 Å². The van der Waals surface area contributed by atoms with Gasteiger partial charge in [0.25, 0.3) is 0 Å². The molecule has 0 radical (unpaired) electrons. The van der Waals surface area contributed by atoms with Gasteiger partial charge in [0.2, 0.25) is 0 Å². The van der Waals surface area contributed by atoms with Gasteiger partial charge in [-0.1, -0.05) is 195 Å². The monoisotopic (exact) mass is 904 g/mol. The van der Waals surface area contributed by atoms with Crippen LogP contribution in [0.2, 0.25) is 0 Å². The lowest BCUT2D eigenvalue weighted by atomic mass is 9.94. The van der Waals surface area contributed by atoms with E-state index >= 15 is 0 Å². The van der Waals surface area contributed by atoms with E-state index in [2.05, 4.69) is 13.2 Å². The molecule has 9 heteroatoms. The smallest absolute Gasteiger partial charge is 0.186 e. The van der Waals surface area contributed by atoms with E-state index < -0.39 is 49.0 Å². The first-order valence-corrected chi connectivity index (χ1v) is 23.1. The summed E-state index contributed by atoms with van der Waals surface area (Å²) in [6.45, 7) is 10.9. The molecule has 0 spiro atoms. The Labute approximate surface area is 396 Å². The number of methoxy groups -OCH3 is 1. The van der Waals surface area contributed by atoms with Crippen molar-refractivity contribution in [1.29, 1.82) is 0 Å². The maximum atomic E-state index is 6.87. The molecule has 0 aliphatic carbocycles. The average molecular weight is 905 g/mol. The van der Waals surface area contributed by atoms with Gasteiger partial charge in [0.15, 0.2) is 12.4 Å². The van der Waals surface area contributed by atoms with Crippen molar-refractivity contribution in [3.63, 3.8) is 0 Å². The fraction of sp³-hybridized carbons (Fsp3) is 0.310. The molecule has 0 unspecified atom stereocenters. The summed E-state index contributed by atoms with van der Waals surface area (Å²) in [5.41, 5.74) is 6.16. The number of ether oxygens (including phenoxy) is 9. The van der Waals surface area contributed by atoms with E-state index in [1.807, 2.05) is 182 Å². The Balaban J connectivity index is 1.13. The first-order valence-electron chi connectivity index (χ1n) is 23.1. The maximum Gasteiger partial charge on any atom is 0.186 e. The average Bonchev–Trinajstić information content (AvgIpc) is 3.38. The van der Waals surface area contributed by atoms with Crippen molar-refractivity contribution >= 4 is 0 Å². The molecular formula is C58H64O9. The summed E-state index contributed by atoms with van der Waals surface area (Å²) in [7, 11) is 1.63. The third-order valence-electron chi connectivity index (χ3n) is 11.6. The summed E-state index contributed by atoms with van der Waals surface area (Å²) in [5, 5.41) is 0. The Morgan fingerprint density at radius 2 is 0.925 bits per heavy atom. The fourth-order valence-electron chi connectivity index (χ4n) is 8.05. The normalized spacial score (nSPS) is 19.5. The minimum atomic E-state index is -0.759. The highest BCUT2D eigenvalue weighted by Crippen LogP contribution is 2.34. The molecule has 67 heavy (non-hydrogen) atoms. The summed E-state index contributed by atoms with van der Waals surface area (Å²) in [4.78, 5) is 0. The van der Waals surface area contributed by atoms with Gasteiger partial charge < -0.3 is 42.6 Å². The van der Waals surface area contributed by atoms with Crippen molar-refractivity contribution in [2.24, 2.45) is 0 Å². The molecule has 1 aliphatic heterocycles. The minimum Gasteiger partial charge on any atom is -0.490 e. The Hall–Kier alpha value is -5.72. The second-order valence-corrected chi connectivity index (χ2v) is 16.6. The van der Waals surface area contributed by atoms with Gasteiger partial charge in [-0.3, -0.25) is 0 Å². The maximum absolute atomic E-state index is 6.87. The molecular weight excluding hydrogens is 841 g/mol. The molecule has 8 atom stereocenters. The van der Waals surface area contributed by atoms with Gasteiger partial charge in [-0.05, 0) is 39.8 Å². The first-order chi connectivity index (χ1) is 33.1. The van der Waals surface area contributed by atoms with Gasteiger partial charge in [0.1, 0.15) is 30.5 Å². The van der Waals surface area contributed by atoms with E-state index in [4.69, 9.17) is 42.6 Å². The Morgan fingerprint density at radius 1 is 0.522 bits per heavy atom. The van der Waals surface area contributed by atoms with Gasteiger partial charge in [0.05, 0.1) is 58.1 Å². The van der Waals surface area contributed by atoms with Gasteiger partial charge in [0, 0.05) is 13.5 Å². The summed E-state index contributed by atoms with van der Waals surface area (Å²) in [6, 6.07) is 60.4. The lowest BCUT2D eigenvalue weighted by Crippen LogP contribution is -2.60. The Kier molecular flexibility index (Phi) is 20.0. The van der Waals surface area contributed by atoms with E-state index in [1.165, 1.54) is 0 Å². The Bertz CT molecular complexity index is 2260. The van der Waals surface area contributed by atoms with Crippen LogP contribution >= 0.6 is 0 Å². The SMILES string of the molecule is C=C[C@H](OCc1ccccc1)[C@@H](OCc1ccccc1)[C@@H](COCc1ccccc1)OC(=C)CC[C@H]1O[C@H](OC)[C@H](OCc2ccccc2)[C@@H](OCc2ccccc2)[C@H]1OCc1ccccc1. The number of hydrogen-bond donors (Lipinski definition) is 0. The third kappa shape index (κ3) is 15.7. The van der Waals surface area contributed by atoms with E-state index in [0.717, 1.165) is 33.4 Å². The van der Waals surface area contributed by atoms with E-state index in [1.54, 1.807) is 13.2 Å². The molecule has 9 nitrogen and oxygen atoms in total. The molecule has 0 N–H and O–H groups in total. The van der Waals surface area contributed by atoms with Crippen molar-refractivity contribution in [3.05, 3.63) is 240 Å². The molecule has 0 aromatic heterocycles. The molecule has 350 valence electrons. The number of benzene rings is 6. The highest BCUT2D eigenvalue weighted by molar-refractivity contribution is 5.18. The molecule has 7 rings (SSSR count). The van der Waals surface area contributed by atoms with Crippen LogP contribution in [-0.4, -0.2) is 62.7 Å². The number of allylic oxidation sites excluding steroid dienone is 1. The molecule has 1 aliphatic rings. The molecule has 0 saturated carbocycles. The van der Waals surface area contributed by atoms with Crippen LogP contribution < -0.4 is 0 Å². The molecule has 0 bridgehead atoms. The van der Waals surface area contributed by atoms with Crippen LogP contribution in [0.4, 0.5) is 0 Å². The van der Waals surface area contributed by atoms with Crippen LogP contribution in [0.5, 0.6) is 0 Å². The second kappa shape index (κ2) is 27.2. The first kappa shape index (κ1) is 49.2. The van der Waals surface area contributed by atoms with Crippen LogP contribution in [0.15, 0.2) is 207 Å². The molecule has 1 fully saturated rings. The van der Waals surface area contributed by atoms with Gasteiger partial charge in [-0.15, -0.1) is 6.58 Å². The predicted octanol–water partition coefficient (Wildman–Crippen LogP) is 11.4. The summed E-state index contributed by atoms with van der Waals surface area (Å²) in [6.07, 6.45) is -2.18. The quantitative estimate of drug-likeness (QED) is 0.0353. The zero-order chi connectivity index (χ0) is 46.3. The van der Waals surface area contributed by atoms with Gasteiger partial charge in [-0.25, -0.2) is 0 Å². The molecule has 1 saturated heterocycles.